The molecule has 0 aliphatic heterocycles. The number of methoxy groups -OCH3 is 1. The molecule has 3 aromatic heterocycles. The van der Waals surface area contributed by atoms with Crippen LogP contribution >= 0.6 is 0 Å². The van der Waals surface area contributed by atoms with Crippen LogP contribution in [0.25, 0.3) is 16.9 Å². The van der Waals surface area contributed by atoms with Crippen molar-refractivity contribution < 1.29 is 18.7 Å². The summed E-state index contributed by atoms with van der Waals surface area (Å²) < 4.78 is 27.2. The van der Waals surface area contributed by atoms with Gasteiger partial charge < -0.3 is 14.8 Å². The normalized spacial score (nSPS) is 10.8. The fourth-order valence-corrected chi connectivity index (χ4v) is 3.53. The predicted molar refractivity (Wildman–Crippen MR) is 128 cm³/mol. The van der Waals surface area contributed by atoms with E-state index in [0.29, 0.717) is 22.9 Å². The van der Waals surface area contributed by atoms with Crippen LogP contribution in [0, 0.1) is 12.7 Å². The Labute approximate surface area is 200 Å². The Balaban J connectivity index is 1.33. The molecule has 0 atom stereocenters. The lowest BCUT2D eigenvalue weighted by atomic mass is 10.1. The van der Waals surface area contributed by atoms with Gasteiger partial charge in [0.05, 0.1) is 19.0 Å². The van der Waals surface area contributed by atoms with Crippen molar-refractivity contribution in [2.24, 2.45) is 0 Å². The third-order valence-corrected chi connectivity index (χ3v) is 5.23. The number of hydrogen-bond acceptors (Lipinski definition) is 6. The van der Waals surface area contributed by atoms with Crippen molar-refractivity contribution in [3.8, 4) is 28.6 Å². The van der Waals surface area contributed by atoms with Gasteiger partial charge in [-0.25, -0.2) is 14.4 Å². The van der Waals surface area contributed by atoms with Gasteiger partial charge in [-0.3, -0.25) is 4.79 Å². The lowest BCUT2D eigenvalue weighted by molar-refractivity contribution is 0.102. The van der Waals surface area contributed by atoms with Gasteiger partial charge in [-0.2, -0.15) is 9.61 Å². The quantitative estimate of drug-likeness (QED) is 0.363. The van der Waals surface area contributed by atoms with E-state index in [2.05, 4.69) is 20.4 Å². The summed E-state index contributed by atoms with van der Waals surface area (Å²) in [6.07, 6.45) is 1.58. The van der Waals surface area contributed by atoms with Crippen LogP contribution in [0.4, 0.5) is 10.1 Å². The number of carbonyl (C=O) groups is 1. The molecule has 0 aliphatic rings. The lowest BCUT2D eigenvalue weighted by Gasteiger charge is -2.11. The zero-order chi connectivity index (χ0) is 24.4. The number of aromatic nitrogens is 4. The number of pyridine rings is 1. The van der Waals surface area contributed by atoms with Crippen molar-refractivity contribution in [3.63, 3.8) is 0 Å². The second-order valence-electron chi connectivity index (χ2n) is 7.67. The highest BCUT2D eigenvalue weighted by molar-refractivity contribution is 6.03. The van der Waals surface area contributed by atoms with Crippen molar-refractivity contribution >= 4 is 17.2 Å². The molecule has 0 radical (unpaired) electrons. The number of aryl methyl sites for hydroxylation is 1. The van der Waals surface area contributed by atoms with Gasteiger partial charge in [0, 0.05) is 35.1 Å². The number of nitrogens with one attached hydrogen (secondary N) is 1. The summed E-state index contributed by atoms with van der Waals surface area (Å²) in [7, 11) is 1.60. The summed E-state index contributed by atoms with van der Waals surface area (Å²) in [5.41, 5.74) is 3.24. The van der Waals surface area contributed by atoms with Gasteiger partial charge in [0.1, 0.15) is 11.4 Å². The molecule has 35 heavy (non-hydrogen) atoms. The molecule has 0 bridgehead atoms. The van der Waals surface area contributed by atoms with Crippen molar-refractivity contribution in [2.75, 3.05) is 12.4 Å². The van der Waals surface area contributed by atoms with Crippen LogP contribution in [0.5, 0.6) is 17.4 Å². The Hall–Kier alpha value is -4.79. The number of amides is 1. The van der Waals surface area contributed by atoms with E-state index in [-0.39, 0.29) is 17.1 Å². The van der Waals surface area contributed by atoms with Gasteiger partial charge >= 0.3 is 0 Å². The number of carbonyl (C=O) groups excluding carboxylic acids is 1. The average Bonchev–Trinajstić information content (AvgIpc) is 3.34. The Bertz CT molecular complexity index is 1530. The smallest absolute Gasteiger partial charge is 0.274 e. The minimum Gasteiger partial charge on any atom is -0.497 e. The second kappa shape index (κ2) is 9.22. The lowest BCUT2D eigenvalue weighted by Crippen LogP contribution is -2.14. The van der Waals surface area contributed by atoms with Gasteiger partial charge in [0.2, 0.25) is 5.88 Å². The molecule has 1 amide bonds. The number of nitrogens with zero attached hydrogens (tertiary/aromatic N) is 4. The molecule has 1 N–H and O–H groups in total. The largest absolute Gasteiger partial charge is 0.497 e. The monoisotopic (exact) mass is 469 g/mol. The molecular weight excluding hydrogens is 449 g/mol. The fraction of sp³-hybridized carbons (Fsp3) is 0.0769. The van der Waals surface area contributed by atoms with E-state index in [1.54, 1.807) is 43.6 Å². The number of benzene rings is 2. The number of halogens is 1. The second-order valence-corrected chi connectivity index (χ2v) is 7.67. The van der Waals surface area contributed by atoms with Crippen molar-refractivity contribution in [1.82, 2.24) is 19.6 Å². The van der Waals surface area contributed by atoms with Crippen LogP contribution in [-0.4, -0.2) is 32.6 Å². The summed E-state index contributed by atoms with van der Waals surface area (Å²) in [4.78, 5) is 21.5. The molecule has 2 aromatic carbocycles. The van der Waals surface area contributed by atoms with Crippen LogP contribution in [-0.2, 0) is 0 Å². The van der Waals surface area contributed by atoms with Crippen LogP contribution in [0.2, 0.25) is 0 Å². The molecule has 0 fully saturated rings. The summed E-state index contributed by atoms with van der Waals surface area (Å²) in [5.74, 6) is -0.0584. The maximum absolute atomic E-state index is 14.8. The first-order valence-corrected chi connectivity index (χ1v) is 10.7. The molecule has 3 heterocycles. The minimum absolute atomic E-state index is 0.00923. The van der Waals surface area contributed by atoms with Crippen LogP contribution in [0.1, 0.15) is 16.2 Å². The van der Waals surface area contributed by atoms with E-state index in [1.807, 2.05) is 37.3 Å². The molecule has 0 aliphatic carbocycles. The summed E-state index contributed by atoms with van der Waals surface area (Å²) >= 11 is 0. The molecular formula is C26H20FN5O3. The Kier molecular flexibility index (Phi) is 5.80. The van der Waals surface area contributed by atoms with E-state index in [4.69, 9.17) is 9.47 Å². The van der Waals surface area contributed by atoms with E-state index in [1.165, 1.54) is 16.6 Å². The van der Waals surface area contributed by atoms with Crippen molar-refractivity contribution in [1.29, 1.82) is 0 Å². The SMILES string of the molecule is COc1ccc(-c2cccc(C(=O)Nc3ccc(Oc4cc(C)nc5ccnn45)c(F)c3)n2)cc1. The van der Waals surface area contributed by atoms with Gasteiger partial charge in [-0.15, -0.1) is 0 Å². The van der Waals surface area contributed by atoms with Crippen LogP contribution in [0.3, 0.4) is 0 Å². The minimum atomic E-state index is -0.641. The number of anilines is 1. The Morgan fingerprint density at radius 1 is 1.00 bits per heavy atom. The molecule has 9 heteroatoms. The Morgan fingerprint density at radius 2 is 1.83 bits per heavy atom. The first-order chi connectivity index (χ1) is 17.0. The molecule has 8 nitrogen and oxygen atoms in total. The highest BCUT2D eigenvalue weighted by Gasteiger charge is 2.14. The topological polar surface area (TPSA) is 90.6 Å². The maximum Gasteiger partial charge on any atom is 0.274 e. The zero-order valence-corrected chi connectivity index (χ0v) is 18.9. The first-order valence-electron chi connectivity index (χ1n) is 10.7. The summed E-state index contributed by atoms with van der Waals surface area (Å²) in [6, 6.07) is 20.1. The zero-order valence-electron chi connectivity index (χ0n) is 18.9. The van der Waals surface area contributed by atoms with Crippen molar-refractivity contribution in [3.05, 3.63) is 96.2 Å². The number of rotatable bonds is 6. The fourth-order valence-electron chi connectivity index (χ4n) is 3.53. The van der Waals surface area contributed by atoms with E-state index < -0.39 is 11.7 Å². The molecule has 0 saturated heterocycles. The highest BCUT2D eigenvalue weighted by atomic mass is 19.1. The average molecular weight is 469 g/mol. The standard InChI is InChI=1S/C26H20FN5O3/c1-16-14-25(32-24(29-16)12-13-28-32)35-23-11-8-18(15-20(23)27)30-26(33)22-5-3-4-21(31-22)17-6-9-19(34-2)10-7-17/h3-15H,1-2H3,(H,30,33). The van der Waals surface area contributed by atoms with Gasteiger partial charge in [-0.05, 0) is 55.5 Å². The van der Waals surface area contributed by atoms with Gasteiger partial charge in [0.15, 0.2) is 17.2 Å². The van der Waals surface area contributed by atoms with E-state index in [0.717, 1.165) is 11.3 Å². The predicted octanol–water partition coefficient (Wildman–Crippen LogP) is 5.29. The molecule has 174 valence electrons. The van der Waals surface area contributed by atoms with Gasteiger partial charge in [0.25, 0.3) is 5.91 Å². The van der Waals surface area contributed by atoms with E-state index >= 15 is 0 Å². The summed E-state index contributed by atoms with van der Waals surface area (Å²) in [5, 5.41) is 6.83. The first kappa shape index (κ1) is 22.0. The third-order valence-electron chi connectivity index (χ3n) is 5.23. The third kappa shape index (κ3) is 4.65. The molecule has 5 rings (SSSR count). The Morgan fingerprint density at radius 3 is 2.60 bits per heavy atom. The molecule has 0 spiro atoms. The van der Waals surface area contributed by atoms with Crippen molar-refractivity contribution in [2.45, 2.75) is 6.92 Å². The molecule has 5 aromatic rings. The summed E-state index contributed by atoms with van der Waals surface area (Å²) in [6.45, 7) is 1.81. The molecule has 0 saturated carbocycles. The molecule has 0 unspecified atom stereocenters. The van der Waals surface area contributed by atoms with Gasteiger partial charge in [-0.1, -0.05) is 6.07 Å². The highest BCUT2D eigenvalue weighted by Crippen LogP contribution is 2.28. The van der Waals surface area contributed by atoms with Crippen LogP contribution < -0.4 is 14.8 Å². The number of fused-ring (bicyclic) bond motifs is 1. The van der Waals surface area contributed by atoms with Crippen LogP contribution in [0.15, 0.2) is 79.0 Å². The maximum atomic E-state index is 14.8. The number of ether oxygens (including phenoxy) is 2. The number of hydrogen-bond donors (Lipinski definition) is 1. The van der Waals surface area contributed by atoms with E-state index in [9.17, 15) is 9.18 Å².